The van der Waals surface area contributed by atoms with Gasteiger partial charge in [-0.15, -0.1) is 0 Å². The van der Waals surface area contributed by atoms with E-state index in [9.17, 15) is 0 Å². The first-order chi connectivity index (χ1) is 5.52. The van der Waals surface area contributed by atoms with Crippen LogP contribution in [0.15, 0.2) is 23.8 Å². The summed E-state index contributed by atoms with van der Waals surface area (Å²) in [4.78, 5) is 4.23. The van der Waals surface area contributed by atoms with Crippen LogP contribution in [0.1, 0.15) is 27.2 Å². The van der Waals surface area contributed by atoms with Gasteiger partial charge in [-0.3, -0.25) is 5.26 Å². The van der Waals surface area contributed by atoms with E-state index in [-0.39, 0.29) is 0 Å². The predicted molar refractivity (Wildman–Crippen MR) is 50.7 cm³/mol. The molecule has 2 heteroatoms. The summed E-state index contributed by atoms with van der Waals surface area (Å²) < 4.78 is 0. The van der Waals surface area contributed by atoms with Crippen molar-refractivity contribution >= 4 is 0 Å². The maximum Gasteiger partial charge on any atom is 0.116 e. The standard InChI is InChI=1S/C10H17O2/c1-5-9(2)7-6-8-10(3,4)12-11/h5-6,8,11H,1,7H2,2-4H3. The minimum absolute atomic E-state index is 0.596. The summed E-state index contributed by atoms with van der Waals surface area (Å²) in [6, 6.07) is 0. The second kappa shape index (κ2) is 5.12. The number of allylic oxidation sites excluding steroid dienone is 3. The van der Waals surface area contributed by atoms with Crippen LogP contribution in [-0.2, 0) is 4.89 Å². The molecule has 0 aromatic carbocycles. The van der Waals surface area contributed by atoms with Gasteiger partial charge in [0.1, 0.15) is 5.60 Å². The highest BCUT2D eigenvalue weighted by Crippen LogP contribution is 2.10. The molecular formula is C10H17O2. The molecule has 0 amide bonds. The molecule has 1 radical (unpaired) electrons. The lowest BCUT2D eigenvalue weighted by Crippen LogP contribution is -2.18. The molecule has 1 N–H and O–H groups in total. The Hall–Kier alpha value is -0.600. The molecule has 0 rings (SSSR count). The molecule has 0 atom stereocenters. The molecule has 69 valence electrons. The number of hydrogen-bond acceptors (Lipinski definition) is 2. The molecule has 0 fully saturated rings. The highest BCUT2D eigenvalue weighted by atomic mass is 17.1. The summed E-state index contributed by atoms with van der Waals surface area (Å²) in [6.07, 6.45) is 6.43. The molecule has 0 heterocycles. The van der Waals surface area contributed by atoms with Gasteiger partial charge in [0.2, 0.25) is 0 Å². The van der Waals surface area contributed by atoms with Gasteiger partial charge in [-0.05, 0) is 34.1 Å². The topological polar surface area (TPSA) is 29.5 Å². The van der Waals surface area contributed by atoms with E-state index in [1.807, 2.05) is 25.2 Å². The Labute approximate surface area is 74.5 Å². The van der Waals surface area contributed by atoms with Gasteiger partial charge >= 0.3 is 0 Å². The van der Waals surface area contributed by atoms with Crippen molar-refractivity contribution in [3.8, 4) is 0 Å². The lowest BCUT2D eigenvalue weighted by Gasteiger charge is -2.14. The Bertz CT molecular complexity index is 178. The fourth-order valence-electron chi connectivity index (χ4n) is 0.642. The average Bonchev–Trinajstić information content (AvgIpc) is 2.04. The van der Waals surface area contributed by atoms with Crippen molar-refractivity contribution in [2.75, 3.05) is 0 Å². The second-order valence-electron chi connectivity index (χ2n) is 3.35. The number of rotatable bonds is 4. The van der Waals surface area contributed by atoms with Crippen molar-refractivity contribution < 1.29 is 10.1 Å². The normalized spacial score (nSPS) is 14.2. The van der Waals surface area contributed by atoms with E-state index >= 15 is 0 Å². The Morgan fingerprint density at radius 3 is 2.58 bits per heavy atom. The predicted octanol–water partition coefficient (Wildman–Crippen LogP) is 2.98. The van der Waals surface area contributed by atoms with Gasteiger partial charge in [0.25, 0.3) is 0 Å². The van der Waals surface area contributed by atoms with Crippen molar-refractivity contribution in [3.05, 3.63) is 30.7 Å². The van der Waals surface area contributed by atoms with Crippen LogP contribution in [-0.4, -0.2) is 10.9 Å². The van der Waals surface area contributed by atoms with Gasteiger partial charge in [-0.25, -0.2) is 4.89 Å². The Kier molecular flexibility index (Phi) is 4.86. The van der Waals surface area contributed by atoms with Crippen LogP contribution in [0.3, 0.4) is 0 Å². The lowest BCUT2D eigenvalue weighted by molar-refractivity contribution is -0.297. The van der Waals surface area contributed by atoms with E-state index in [0.29, 0.717) is 0 Å². The first kappa shape index (κ1) is 11.4. The zero-order chi connectivity index (χ0) is 9.61. The summed E-state index contributed by atoms with van der Waals surface area (Å²) >= 11 is 0. The van der Waals surface area contributed by atoms with Gasteiger partial charge in [-0.2, -0.15) is 0 Å². The Morgan fingerprint density at radius 2 is 2.17 bits per heavy atom. The van der Waals surface area contributed by atoms with Crippen LogP contribution in [0.25, 0.3) is 0 Å². The SMILES string of the molecule is [CH2]C=C(C)CC=CC(C)(C)OO. The van der Waals surface area contributed by atoms with E-state index in [2.05, 4.69) is 11.8 Å². The summed E-state index contributed by atoms with van der Waals surface area (Å²) in [5.74, 6) is 0. The highest BCUT2D eigenvalue weighted by Gasteiger charge is 2.12. The van der Waals surface area contributed by atoms with Gasteiger partial charge in [0.15, 0.2) is 0 Å². The third-order valence-electron chi connectivity index (χ3n) is 1.54. The first-order valence-corrected chi connectivity index (χ1v) is 3.97. The molecule has 0 bridgehead atoms. The van der Waals surface area contributed by atoms with Crippen LogP contribution in [0.4, 0.5) is 0 Å². The van der Waals surface area contributed by atoms with Crippen LogP contribution >= 0.6 is 0 Å². The minimum atomic E-state index is -0.596. The van der Waals surface area contributed by atoms with Crippen molar-refractivity contribution in [1.29, 1.82) is 0 Å². The molecule has 0 aliphatic carbocycles. The lowest BCUT2D eigenvalue weighted by atomic mass is 10.1. The summed E-state index contributed by atoms with van der Waals surface area (Å²) in [6.45, 7) is 9.22. The molecular weight excluding hydrogens is 152 g/mol. The molecule has 2 nitrogen and oxygen atoms in total. The molecule has 12 heavy (non-hydrogen) atoms. The van der Waals surface area contributed by atoms with E-state index in [4.69, 9.17) is 5.26 Å². The number of hydrogen-bond donors (Lipinski definition) is 1. The molecule has 0 aliphatic heterocycles. The summed E-state index contributed by atoms with van der Waals surface area (Å²) in [5.41, 5.74) is 0.599. The van der Waals surface area contributed by atoms with Gasteiger partial charge in [0.05, 0.1) is 0 Å². The van der Waals surface area contributed by atoms with Crippen molar-refractivity contribution in [2.24, 2.45) is 0 Å². The Balaban J connectivity index is 3.92. The first-order valence-electron chi connectivity index (χ1n) is 3.97. The van der Waals surface area contributed by atoms with Crippen LogP contribution < -0.4 is 0 Å². The maximum absolute atomic E-state index is 8.44. The van der Waals surface area contributed by atoms with Crippen LogP contribution in [0, 0.1) is 6.92 Å². The fraction of sp³-hybridized carbons (Fsp3) is 0.500. The van der Waals surface area contributed by atoms with Gasteiger partial charge in [0, 0.05) is 0 Å². The monoisotopic (exact) mass is 169 g/mol. The van der Waals surface area contributed by atoms with E-state index in [0.717, 1.165) is 6.42 Å². The third kappa shape index (κ3) is 5.10. The molecule has 0 spiro atoms. The van der Waals surface area contributed by atoms with Gasteiger partial charge in [-0.1, -0.05) is 23.8 Å². The maximum atomic E-state index is 8.44. The minimum Gasteiger partial charge on any atom is -0.251 e. The van der Waals surface area contributed by atoms with Crippen molar-refractivity contribution in [1.82, 2.24) is 0 Å². The van der Waals surface area contributed by atoms with Crippen molar-refractivity contribution in [3.63, 3.8) is 0 Å². The second-order valence-corrected chi connectivity index (χ2v) is 3.35. The molecule has 0 aromatic rings. The molecule has 0 unspecified atom stereocenters. The van der Waals surface area contributed by atoms with Crippen molar-refractivity contribution in [2.45, 2.75) is 32.8 Å². The van der Waals surface area contributed by atoms with E-state index < -0.39 is 5.60 Å². The zero-order valence-corrected chi connectivity index (χ0v) is 8.00. The third-order valence-corrected chi connectivity index (χ3v) is 1.54. The molecule has 0 saturated carbocycles. The smallest absolute Gasteiger partial charge is 0.116 e. The molecule has 0 aliphatic rings. The summed E-state index contributed by atoms with van der Waals surface area (Å²) in [7, 11) is 0. The highest BCUT2D eigenvalue weighted by molar-refractivity contribution is 5.08. The quantitative estimate of drug-likeness (QED) is 0.398. The van der Waals surface area contributed by atoms with Crippen LogP contribution in [0.2, 0.25) is 0 Å². The molecule has 0 aromatic heterocycles. The largest absolute Gasteiger partial charge is 0.251 e. The fourth-order valence-corrected chi connectivity index (χ4v) is 0.642. The average molecular weight is 169 g/mol. The summed E-state index contributed by atoms with van der Waals surface area (Å²) in [5, 5.41) is 8.44. The van der Waals surface area contributed by atoms with E-state index in [1.165, 1.54) is 5.57 Å². The Morgan fingerprint density at radius 1 is 1.58 bits per heavy atom. The zero-order valence-electron chi connectivity index (χ0n) is 8.00. The van der Waals surface area contributed by atoms with E-state index in [1.54, 1.807) is 13.8 Å². The van der Waals surface area contributed by atoms with Gasteiger partial charge < -0.3 is 0 Å². The molecule has 0 saturated heterocycles. The van der Waals surface area contributed by atoms with Crippen LogP contribution in [0.5, 0.6) is 0 Å².